The number of rotatable bonds is 9. The lowest BCUT2D eigenvalue weighted by atomic mass is 10.0. The van der Waals surface area contributed by atoms with Crippen LogP contribution in [0.5, 0.6) is 0 Å². The zero-order valence-electron chi connectivity index (χ0n) is 18.0. The van der Waals surface area contributed by atoms with Crippen molar-refractivity contribution in [1.82, 2.24) is 10.2 Å². The van der Waals surface area contributed by atoms with Crippen molar-refractivity contribution in [1.29, 1.82) is 0 Å². The fourth-order valence-corrected chi connectivity index (χ4v) is 3.57. The molecule has 2 amide bonds. The van der Waals surface area contributed by atoms with Gasteiger partial charge in [-0.15, -0.1) is 0 Å². The summed E-state index contributed by atoms with van der Waals surface area (Å²) in [6.45, 7) is 8.84. The molecule has 4 nitrogen and oxygen atoms in total. The molecule has 0 aromatic heterocycles. The van der Waals surface area contributed by atoms with Crippen LogP contribution in [0.1, 0.15) is 43.9 Å². The summed E-state index contributed by atoms with van der Waals surface area (Å²) in [4.78, 5) is 27.9. The molecule has 0 saturated carbocycles. The van der Waals surface area contributed by atoms with Crippen molar-refractivity contribution < 1.29 is 9.59 Å². The van der Waals surface area contributed by atoms with Gasteiger partial charge in [-0.25, -0.2) is 0 Å². The summed E-state index contributed by atoms with van der Waals surface area (Å²) >= 11 is 12.2. The lowest BCUT2D eigenvalue weighted by molar-refractivity contribution is -0.141. The standard InChI is InChI=1S/C24H30Cl2N2O2/c1-5-22(24(30)27-14-16(2)3)28(15-18-10-11-20(25)21(26)12-18)23(29)13-19-9-7-6-8-17(19)4/h6-12,16,22H,5,13-15H2,1-4H3,(H,27,30). The average Bonchev–Trinajstić information content (AvgIpc) is 2.70. The Kier molecular flexibility index (Phi) is 9.19. The van der Waals surface area contributed by atoms with Crippen LogP contribution in [0.4, 0.5) is 0 Å². The number of carbonyl (C=O) groups is 2. The molecule has 0 heterocycles. The van der Waals surface area contributed by atoms with Crippen LogP contribution in [0.2, 0.25) is 10.0 Å². The van der Waals surface area contributed by atoms with Gasteiger partial charge in [0.1, 0.15) is 6.04 Å². The quantitative estimate of drug-likeness (QED) is 0.556. The van der Waals surface area contributed by atoms with Crippen LogP contribution in [-0.2, 0) is 22.6 Å². The van der Waals surface area contributed by atoms with Gasteiger partial charge in [0.2, 0.25) is 11.8 Å². The van der Waals surface area contributed by atoms with Gasteiger partial charge in [-0.1, -0.05) is 74.3 Å². The van der Waals surface area contributed by atoms with Crippen molar-refractivity contribution in [2.75, 3.05) is 6.54 Å². The van der Waals surface area contributed by atoms with Gasteiger partial charge in [0.05, 0.1) is 16.5 Å². The van der Waals surface area contributed by atoms with Gasteiger partial charge in [0, 0.05) is 13.1 Å². The fraction of sp³-hybridized carbons (Fsp3) is 0.417. The minimum absolute atomic E-state index is 0.0954. The summed E-state index contributed by atoms with van der Waals surface area (Å²) in [5.74, 6) is 0.101. The van der Waals surface area contributed by atoms with Crippen LogP contribution >= 0.6 is 23.2 Å². The topological polar surface area (TPSA) is 49.4 Å². The van der Waals surface area contributed by atoms with Gasteiger partial charge >= 0.3 is 0 Å². The molecule has 30 heavy (non-hydrogen) atoms. The van der Waals surface area contributed by atoms with E-state index in [0.717, 1.165) is 16.7 Å². The van der Waals surface area contributed by atoms with Crippen LogP contribution < -0.4 is 5.32 Å². The molecule has 1 N–H and O–H groups in total. The first kappa shape index (κ1) is 24.2. The SMILES string of the molecule is CCC(C(=O)NCC(C)C)N(Cc1ccc(Cl)c(Cl)c1)C(=O)Cc1ccccc1C. The third-order valence-corrected chi connectivity index (χ3v) is 5.75. The first-order chi connectivity index (χ1) is 14.2. The van der Waals surface area contributed by atoms with Crippen LogP contribution in [0.25, 0.3) is 0 Å². The Morgan fingerprint density at radius 2 is 1.77 bits per heavy atom. The third kappa shape index (κ3) is 6.75. The molecule has 2 aromatic carbocycles. The lowest BCUT2D eigenvalue weighted by Crippen LogP contribution is -2.50. The second kappa shape index (κ2) is 11.4. The summed E-state index contributed by atoms with van der Waals surface area (Å²) in [5.41, 5.74) is 2.84. The highest BCUT2D eigenvalue weighted by Gasteiger charge is 2.29. The van der Waals surface area contributed by atoms with Gasteiger partial charge < -0.3 is 10.2 Å². The molecule has 0 aliphatic heterocycles. The Hall–Kier alpha value is -2.04. The number of nitrogens with zero attached hydrogens (tertiary/aromatic N) is 1. The number of amides is 2. The molecule has 0 bridgehead atoms. The molecule has 0 aliphatic rings. The van der Waals surface area contributed by atoms with Gasteiger partial charge in [-0.2, -0.15) is 0 Å². The number of carbonyl (C=O) groups excluding carboxylic acids is 2. The van der Waals surface area contributed by atoms with E-state index in [9.17, 15) is 9.59 Å². The number of benzene rings is 2. The van der Waals surface area contributed by atoms with Crippen molar-refractivity contribution in [2.45, 2.75) is 53.1 Å². The molecule has 2 rings (SSSR count). The zero-order chi connectivity index (χ0) is 22.3. The number of halogens is 2. The summed E-state index contributed by atoms with van der Waals surface area (Å²) < 4.78 is 0. The van der Waals surface area contributed by atoms with Crippen molar-refractivity contribution in [3.8, 4) is 0 Å². The van der Waals surface area contributed by atoms with Gasteiger partial charge in [-0.3, -0.25) is 9.59 Å². The second-order valence-corrected chi connectivity index (χ2v) is 8.75. The summed E-state index contributed by atoms with van der Waals surface area (Å²) in [5, 5.41) is 3.86. The molecule has 2 aromatic rings. The Bertz CT molecular complexity index is 883. The van der Waals surface area contributed by atoms with Crippen molar-refractivity contribution in [2.24, 2.45) is 5.92 Å². The maximum Gasteiger partial charge on any atom is 0.242 e. The summed E-state index contributed by atoms with van der Waals surface area (Å²) in [7, 11) is 0. The predicted octanol–water partition coefficient (Wildman–Crippen LogP) is 5.42. The van der Waals surface area contributed by atoms with Crippen LogP contribution in [-0.4, -0.2) is 29.3 Å². The normalized spacial score (nSPS) is 12.0. The maximum absolute atomic E-state index is 13.4. The maximum atomic E-state index is 13.4. The highest BCUT2D eigenvalue weighted by molar-refractivity contribution is 6.42. The van der Waals surface area contributed by atoms with E-state index < -0.39 is 6.04 Å². The van der Waals surface area contributed by atoms with Crippen molar-refractivity contribution in [3.63, 3.8) is 0 Å². The van der Waals surface area contributed by atoms with Crippen LogP contribution in [0.15, 0.2) is 42.5 Å². The summed E-state index contributed by atoms with van der Waals surface area (Å²) in [6, 6.07) is 12.5. The Morgan fingerprint density at radius 3 is 2.37 bits per heavy atom. The first-order valence-electron chi connectivity index (χ1n) is 10.3. The molecule has 6 heteroatoms. The van der Waals surface area contributed by atoms with Crippen LogP contribution in [0.3, 0.4) is 0 Å². The molecule has 1 unspecified atom stereocenters. The number of hydrogen-bond acceptors (Lipinski definition) is 2. The highest BCUT2D eigenvalue weighted by atomic mass is 35.5. The van der Waals surface area contributed by atoms with E-state index in [0.29, 0.717) is 28.9 Å². The number of aryl methyl sites for hydroxylation is 1. The molecule has 1 atom stereocenters. The largest absolute Gasteiger partial charge is 0.354 e. The van der Waals surface area contributed by atoms with Gasteiger partial charge in [0.25, 0.3) is 0 Å². The van der Waals surface area contributed by atoms with Crippen molar-refractivity contribution >= 4 is 35.0 Å². The molecule has 162 valence electrons. The summed E-state index contributed by atoms with van der Waals surface area (Å²) in [6.07, 6.45) is 0.757. The molecule has 0 radical (unpaired) electrons. The molecular weight excluding hydrogens is 419 g/mol. The fourth-order valence-electron chi connectivity index (χ4n) is 3.25. The monoisotopic (exact) mass is 448 g/mol. The van der Waals surface area contributed by atoms with Gasteiger partial charge in [0.15, 0.2) is 0 Å². The van der Waals surface area contributed by atoms with E-state index in [1.165, 1.54) is 0 Å². The van der Waals surface area contributed by atoms with E-state index in [1.807, 2.05) is 58.0 Å². The van der Waals surface area contributed by atoms with E-state index >= 15 is 0 Å². The van der Waals surface area contributed by atoms with E-state index in [1.54, 1.807) is 17.0 Å². The number of nitrogens with one attached hydrogen (secondary N) is 1. The van der Waals surface area contributed by atoms with E-state index in [2.05, 4.69) is 5.32 Å². The minimum Gasteiger partial charge on any atom is -0.354 e. The van der Waals surface area contributed by atoms with Crippen molar-refractivity contribution in [3.05, 3.63) is 69.2 Å². The minimum atomic E-state index is -0.560. The number of hydrogen-bond donors (Lipinski definition) is 1. The van der Waals surface area contributed by atoms with Crippen LogP contribution in [0, 0.1) is 12.8 Å². The second-order valence-electron chi connectivity index (χ2n) is 7.94. The molecule has 0 aliphatic carbocycles. The third-order valence-electron chi connectivity index (χ3n) is 5.01. The molecular formula is C24H30Cl2N2O2. The van der Waals surface area contributed by atoms with E-state index in [-0.39, 0.29) is 24.8 Å². The lowest BCUT2D eigenvalue weighted by Gasteiger charge is -2.31. The van der Waals surface area contributed by atoms with E-state index in [4.69, 9.17) is 23.2 Å². The highest BCUT2D eigenvalue weighted by Crippen LogP contribution is 2.24. The predicted molar refractivity (Wildman–Crippen MR) is 124 cm³/mol. The molecule has 0 saturated heterocycles. The Labute approximate surface area is 189 Å². The first-order valence-corrected chi connectivity index (χ1v) is 11.0. The Morgan fingerprint density at radius 1 is 1.07 bits per heavy atom. The van der Waals surface area contributed by atoms with Gasteiger partial charge in [-0.05, 0) is 48.1 Å². The zero-order valence-corrected chi connectivity index (χ0v) is 19.6. The smallest absolute Gasteiger partial charge is 0.242 e. The average molecular weight is 449 g/mol. The molecule has 0 fully saturated rings. The molecule has 0 spiro atoms. The Balaban J connectivity index is 2.31.